The molecule has 0 fully saturated rings. The number of aromatic nitrogens is 2. The van der Waals surface area contributed by atoms with Crippen molar-refractivity contribution < 1.29 is 4.42 Å². The fourth-order valence-electron chi connectivity index (χ4n) is 2.50. The van der Waals surface area contributed by atoms with E-state index in [0.29, 0.717) is 11.9 Å². The van der Waals surface area contributed by atoms with Crippen LogP contribution >= 0.6 is 11.6 Å². The van der Waals surface area contributed by atoms with Crippen LogP contribution in [-0.4, -0.2) is 40.6 Å². The highest BCUT2D eigenvalue weighted by Crippen LogP contribution is 2.26. The second-order valence-electron chi connectivity index (χ2n) is 5.44. The number of nitrogens with one attached hydrogen (secondary N) is 1. The van der Waals surface area contributed by atoms with Gasteiger partial charge in [0.2, 0.25) is 5.89 Å². The van der Waals surface area contributed by atoms with Gasteiger partial charge in [0.05, 0.1) is 0 Å². The van der Waals surface area contributed by atoms with E-state index < -0.39 is 0 Å². The summed E-state index contributed by atoms with van der Waals surface area (Å²) in [4.78, 5) is 2.21. The fourth-order valence-corrected chi connectivity index (χ4v) is 2.50. The normalized spacial score (nSPS) is 12.1. The molecule has 162 valence electrons. The van der Waals surface area contributed by atoms with Crippen molar-refractivity contribution in [1.82, 2.24) is 15.1 Å². The quantitative estimate of drug-likeness (QED) is 0.545. The maximum absolute atomic E-state index is 5.56. The van der Waals surface area contributed by atoms with Crippen LogP contribution in [0.1, 0.15) is 53.5 Å². The molecule has 2 aromatic rings. The van der Waals surface area contributed by atoms with Gasteiger partial charge < -0.3 is 14.6 Å². The lowest BCUT2D eigenvalue weighted by Crippen LogP contribution is -2.22. The first kappa shape index (κ1) is 26.7. The third kappa shape index (κ3) is 9.18. The smallest absolute Gasteiger partial charge is 0.315 e. The minimum atomic E-state index is 0.459. The van der Waals surface area contributed by atoms with Crippen molar-refractivity contribution in [2.24, 2.45) is 0 Å². The molecule has 1 aromatic heterocycles. The number of rotatable bonds is 5. The molecule has 3 rings (SSSR count). The van der Waals surface area contributed by atoms with Crippen molar-refractivity contribution in [3.05, 3.63) is 48.7 Å². The molecule has 0 saturated heterocycles. The molecule has 1 aliphatic heterocycles. The van der Waals surface area contributed by atoms with Gasteiger partial charge in [-0.15, -0.1) is 16.7 Å². The summed E-state index contributed by atoms with van der Waals surface area (Å²) in [7, 11) is 0. The second kappa shape index (κ2) is 16.7. The zero-order valence-corrected chi connectivity index (χ0v) is 19.6. The van der Waals surface area contributed by atoms with Gasteiger partial charge in [0.25, 0.3) is 0 Å². The van der Waals surface area contributed by atoms with Gasteiger partial charge in [-0.05, 0) is 42.8 Å². The molecule has 0 spiro atoms. The lowest BCUT2D eigenvalue weighted by molar-refractivity contribution is 0.415. The summed E-state index contributed by atoms with van der Waals surface area (Å²) in [6, 6.07) is 8.74. The maximum Gasteiger partial charge on any atom is 0.315 e. The number of nitrogens with zero attached hydrogens (tertiary/aromatic N) is 3. The Morgan fingerprint density at radius 3 is 2.17 bits per heavy atom. The van der Waals surface area contributed by atoms with Gasteiger partial charge in [-0.25, -0.2) is 0 Å². The van der Waals surface area contributed by atoms with Crippen LogP contribution in [0, 0.1) is 0 Å². The molecule has 6 heteroatoms. The molecule has 0 saturated carbocycles. The van der Waals surface area contributed by atoms with E-state index in [2.05, 4.69) is 45.2 Å². The van der Waals surface area contributed by atoms with Crippen LogP contribution in [0.5, 0.6) is 0 Å². The highest BCUT2D eigenvalue weighted by Gasteiger charge is 2.11. The SMILES string of the molecule is C=CN1CC=C(c2ccc(-c3nnc(NCC)o3)cc2)CC1.CC.CC.CCCl. The number of alkyl halides is 1. The molecule has 0 radical (unpaired) electrons. The van der Waals surface area contributed by atoms with Gasteiger partial charge in [-0.2, -0.15) is 0 Å². The predicted molar refractivity (Wildman–Crippen MR) is 127 cm³/mol. The number of anilines is 1. The van der Waals surface area contributed by atoms with Gasteiger partial charge in [-0.1, -0.05) is 64.5 Å². The Kier molecular flexibility index (Phi) is 15.4. The summed E-state index contributed by atoms with van der Waals surface area (Å²) in [5, 5.41) is 11.0. The Labute approximate surface area is 181 Å². The van der Waals surface area contributed by atoms with Crippen LogP contribution in [0.4, 0.5) is 6.01 Å². The summed E-state index contributed by atoms with van der Waals surface area (Å²) < 4.78 is 5.56. The van der Waals surface area contributed by atoms with Crippen molar-refractivity contribution in [1.29, 1.82) is 0 Å². The molecular formula is C23H37ClN4O. The molecule has 1 aromatic carbocycles. The zero-order chi connectivity index (χ0) is 22.1. The summed E-state index contributed by atoms with van der Waals surface area (Å²) in [6.45, 7) is 18.4. The highest BCUT2D eigenvalue weighted by atomic mass is 35.5. The highest BCUT2D eigenvalue weighted by molar-refractivity contribution is 6.17. The summed E-state index contributed by atoms with van der Waals surface area (Å²) >= 11 is 5.00. The largest absolute Gasteiger partial charge is 0.403 e. The minimum Gasteiger partial charge on any atom is -0.403 e. The monoisotopic (exact) mass is 420 g/mol. The van der Waals surface area contributed by atoms with Crippen LogP contribution in [0.25, 0.3) is 17.0 Å². The third-order valence-corrected chi connectivity index (χ3v) is 3.75. The molecule has 1 N–H and O–H groups in total. The zero-order valence-electron chi connectivity index (χ0n) is 18.8. The molecule has 29 heavy (non-hydrogen) atoms. The molecule has 0 atom stereocenters. The van der Waals surface area contributed by atoms with Gasteiger partial charge in [-0.3, -0.25) is 0 Å². The number of halogens is 1. The van der Waals surface area contributed by atoms with E-state index in [1.165, 1.54) is 11.1 Å². The van der Waals surface area contributed by atoms with Crippen LogP contribution in [-0.2, 0) is 0 Å². The Morgan fingerprint density at radius 2 is 1.69 bits per heavy atom. The van der Waals surface area contributed by atoms with Crippen molar-refractivity contribution >= 4 is 23.2 Å². The predicted octanol–water partition coefficient (Wildman–Crippen LogP) is 6.70. The topological polar surface area (TPSA) is 54.2 Å². The lowest BCUT2D eigenvalue weighted by atomic mass is 9.98. The van der Waals surface area contributed by atoms with E-state index in [4.69, 9.17) is 16.0 Å². The van der Waals surface area contributed by atoms with Crippen LogP contribution < -0.4 is 5.32 Å². The minimum absolute atomic E-state index is 0.459. The average molecular weight is 421 g/mol. The van der Waals surface area contributed by atoms with Gasteiger partial charge in [0.1, 0.15) is 0 Å². The first-order valence-corrected chi connectivity index (χ1v) is 11.0. The third-order valence-electron chi connectivity index (χ3n) is 3.75. The van der Waals surface area contributed by atoms with Crippen molar-refractivity contribution in [3.63, 3.8) is 0 Å². The summed E-state index contributed by atoms with van der Waals surface area (Å²) in [6.07, 6.45) is 5.19. The maximum atomic E-state index is 5.56. The van der Waals surface area contributed by atoms with Crippen LogP contribution in [0.2, 0.25) is 0 Å². The lowest BCUT2D eigenvalue weighted by Gasteiger charge is -2.24. The van der Waals surface area contributed by atoms with Crippen molar-refractivity contribution in [2.45, 2.75) is 48.0 Å². The number of hydrogen-bond donors (Lipinski definition) is 1. The molecule has 0 bridgehead atoms. The molecular weight excluding hydrogens is 384 g/mol. The van der Waals surface area contributed by atoms with Crippen molar-refractivity contribution in [3.8, 4) is 11.5 Å². The van der Waals surface area contributed by atoms with Crippen LogP contribution in [0.3, 0.4) is 0 Å². The number of hydrogen-bond acceptors (Lipinski definition) is 5. The van der Waals surface area contributed by atoms with E-state index in [1.54, 1.807) is 0 Å². The molecule has 2 heterocycles. The summed E-state index contributed by atoms with van der Waals surface area (Å²) in [5.41, 5.74) is 3.56. The van der Waals surface area contributed by atoms with Crippen LogP contribution in [0.15, 0.2) is 47.5 Å². The van der Waals surface area contributed by atoms with Gasteiger partial charge in [0, 0.05) is 31.1 Å². The van der Waals surface area contributed by atoms with E-state index in [1.807, 2.05) is 59.9 Å². The number of benzene rings is 1. The van der Waals surface area contributed by atoms with Gasteiger partial charge in [0.15, 0.2) is 0 Å². The molecule has 0 amide bonds. The average Bonchev–Trinajstić information content (AvgIpc) is 3.26. The van der Waals surface area contributed by atoms with E-state index in [0.717, 1.165) is 37.5 Å². The summed E-state index contributed by atoms with van der Waals surface area (Å²) in [5.74, 6) is 1.26. The van der Waals surface area contributed by atoms with E-state index >= 15 is 0 Å². The Bertz CT molecular complexity index is 695. The standard InChI is InChI=1S/C17H20N4O.C2H5Cl.2C2H6/c1-3-18-17-20-19-16(22-17)15-7-5-13(6-8-15)14-9-11-21(4-2)12-10-14;1-2-3;2*1-2/h4-9H,2-3,10-12H2,1H3,(H,18,20);2H2,1H3;2*1-2H3. The first-order chi connectivity index (χ1) is 14.2. The molecule has 5 nitrogen and oxygen atoms in total. The van der Waals surface area contributed by atoms with E-state index in [-0.39, 0.29) is 0 Å². The Hall–Kier alpha value is -2.27. The Balaban J connectivity index is 0.00000100. The molecule has 0 aliphatic carbocycles. The Morgan fingerprint density at radius 1 is 1.10 bits per heavy atom. The fraction of sp³-hybridized carbons (Fsp3) is 0.478. The van der Waals surface area contributed by atoms with E-state index in [9.17, 15) is 0 Å². The van der Waals surface area contributed by atoms with Gasteiger partial charge >= 0.3 is 6.01 Å². The second-order valence-corrected chi connectivity index (χ2v) is 5.98. The first-order valence-electron chi connectivity index (χ1n) is 10.5. The molecule has 0 unspecified atom stereocenters. The molecule has 1 aliphatic rings. The van der Waals surface area contributed by atoms with Crippen molar-refractivity contribution in [2.75, 3.05) is 30.8 Å².